The Morgan fingerprint density at radius 1 is 1.21 bits per heavy atom. The zero-order valence-corrected chi connectivity index (χ0v) is 14.3. The van der Waals surface area contributed by atoms with Gasteiger partial charge in [-0.1, -0.05) is 12.5 Å². The summed E-state index contributed by atoms with van der Waals surface area (Å²) in [4.78, 5) is 19.2. The van der Waals surface area contributed by atoms with Crippen LogP contribution in [0.25, 0.3) is 10.9 Å². The highest BCUT2D eigenvalue weighted by Crippen LogP contribution is 2.19. The van der Waals surface area contributed by atoms with Crippen molar-refractivity contribution >= 4 is 16.8 Å². The van der Waals surface area contributed by atoms with Crippen LogP contribution in [0.2, 0.25) is 0 Å². The molecule has 1 amide bonds. The largest absolute Gasteiger partial charge is 0.497 e. The van der Waals surface area contributed by atoms with Gasteiger partial charge in [0.05, 0.1) is 12.6 Å². The summed E-state index contributed by atoms with van der Waals surface area (Å²) in [6, 6.07) is 9.33. The Labute approximate surface area is 143 Å². The van der Waals surface area contributed by atoms with Crippen LogP contribution >= 0.6 is 0 Å². The molecule has 5 nitrogen and oxygen atoms in total. The topological polar surface area (TPSA) is 54.5 Å². The number of nitrogens with one attached hydrogen (secondary N) is 1. The zero-order chi connectivity index (χ0) is 16.8. The second-order valence-corrected chi connectivity index (χ2v) is 6.27. The summed E-state index contributed by atoms with van der Waals surface area (Å²) in [7, 11) is 1.64. The van der Waals surface area contributed by atoms with E-state index in [2.05, 4.69) is 15.2 Å². The Kier molecular flexibility index (Phi) is 5.64. The van der Waals surface area contributed by atoms with Crippen LogP contribution in [0.4, 0.5) is 0 Å². The van der Waals surface area contributed by atoms with E-state index in [1.54, 1.807) is 13.2 Å². The molecule has 0 saturated carbocycles. The molecular formula is C19H25N3O2. The van der Waals surface area contributed by atoms with E-state index in [-0.39, 0.29) is 5.91 Å². The summed E-state index contributed by atoms with van der Waals surface area (Å²) in [6.07, 6.45) is 4.94. The Morgan fingerprint density at radius 2 is 2.04 bits per heavy atom. The van der Waals surface area contributed by atoms with Crippen LogP contribution in [0.5, 0.6) is 5.75 Å². The number of fused-ring (bicyclic) bond motifs is 1. The first-order valence-corrected chi connectivity index (χ1v) is 8.71. The second-order valence-electron chi connectivity index (χ2n) is 6.27. The monoisotopic (exact) mass is 327 g/mol. The van der Waals surface area contributed by atoms with Gasteiger partial charge in [0.1, 0.15) is 11.4 Å². The van der Waals surface area contributed by atoms with E-state index in [0.29, 0.717) is 12.2 Å². The van der Waals surface area contributed by atoms with Gasteiger partial charge in [-0.3, -0.25) is 4.79 Å². The van der Waals surface area contributed by atoms with E-state index in [0.717, 1.165) is 29.6 Å². The van der Waals surface area contributed by atoms with Gasteiger partial charge in [-0.2, -0.15) is 0 Å². The highest BCUT2D eigenvalue weighted by Gasteiger charge is 2.11. The normalized spacial score (nSPS) is 15.4. The van der Waals surface area contributed by atoms with E-state index in [9.17, 15) is 4.79 Å². The minimum atomic E-state index is -0.105. The summed E-state index contributed by atoms with van der Waals surface area (Å²) in [6.45, 7) is 4.15. The summed E-state index contributed by atoms with van der Waals surface area (Å²) < 4.78 is 5.20. The number of benzene rings is 1. The van der Waals surface area contributed by atoms with Crippen LogP contribution in [0.3, 0.4) is 0 Å². The Balaban J connectivity index is 1.51. The lowest BCUT2D eigenvalue weighted by Gasteiger charge is -2.26. The maximum absolute atomic E-state index is 12.3. The van der Waals surface area contributed by atoms with Crippen LogP contribution < -0.4 is 10.1 Å². The van der Waals surface area contributed by atoms with Gasteiger partial charge in [-0.05, 0) is 63.2 Å². The Bertz CT molecular complexity index is 696. The Morgan fingerprint density at radius 3 is 2.83 bits per heavy atom. The molecule has 1 fully saturated rings. The molecule has 1 aromatic carbocycles. The average Bonchev–Trinajstić information content (AvgIpc) is 2.65. The van der Waals surface area contributed by atoms with E-state index in [4.69, 9.17) is 4.74 Å². The maximum atomic E-state index is 12.3. The highest BCUT2D eigenvalue weighted by molar-refractivity contribution is 5.95. The number of nitrogens with zero attached hydrogens (tertiary/aromatic N) is 2. The number of hydrogen-bond donors (Lipinski definition) is 1. The number of ether oxygens (including phenoxy) is 1. The number of hydrogen-bond acceptors (Lipinski definition) is 4. The van der Waals surface area contributed by atoms with Crippen molar-refractivity contribution in [2.45, 2.75) is 25.7 Å². The molecule has 1 N–H and O–H groups in total. The van der Waals surface area contributed by atoms with Crippen LogP contribution in [-0.4, -0.2) is 49.1 Å². The average molecular weight is 327 g/mol. The molecule has 5 heteroatoms. The van der Waals surface area contributed by atoms with Gasteiger partial charge in [0.15, 0.2) is 0 Å². The molecule has 1 aliphatic heterocycles. The van der Waals surface area contributed by atoms with Crippen molar-refractivity contribution in [3.63, 3.8) is 0 Å². The number of pyridine rings is 1. The molecule has 0 bridgehead atoms. The molecule has 2 heterocycles. The number of piperidine rings is 1. The molecule has 128 valence electrons. The van der Waals surface area contributed by atoms with Gasteiger partial charge in [0.25, 0.3) is 5.91 Å². The molecule has 1 aromatic heterocycles. The third kappa shape index (κ3) is 4.23. The molecule has 1 saturated heterocycles. The van der Waals surface area contributed by atoms with Gasteiger partial charge < -0.3 is 15.0 Å². The van der Waals surface area contributed by atoms with Crippen LogP contribution in [0, 0.1) is 0 Å². The van der Waals surface area contributed by atoms with Gasteiger partial charge in [-0.25, -0.2) is 4.98 Å². The molecule has 3 rings (SSSR count). The molecule has 0 atom stereocenters. The Hall–Kier alpha value is -2.14. The van der Waals surface area contributed by atoms with Crippen molar-refractivity contribution < 1.29 is 9.53 Å². The molecule has 0 unspecified atom stereocenters. The maximum Gasteiger partial charge on any atom is 0.269 e. The van der Waals surface area contributed by atoms with Crippen LogP contribution in [-0.2, 0) is 0 Å². The number of likely N-dealkylation sites (tertiary alicyclic amines) is 1. The lowest BCUT2D eigenvalue weighted by Crippen LogP contribution is -2.33. The summed E-state index contributed by atoms with van der Waals surface area (Å²) in [5.41, 5.74) is 1.27. The standard InChI is InChI=1S/C19H25N3O2/c1-24-16-7-9-17-15(14-16)6-8-18(21-17)19(23)20-10-5-13-22-11-3-2-4-12-22/h6-9,14H,2-5,10-13H2,1H3,(H,20,23). The first kappa shape index (κ1) is 16.7. The number of rotatable bonds is 6. The molecule has 1 aliphatic rings. The van der Waals surface area contributed by atoms with Crippen molar-refractivity contribution in [3.8, 4) is 5.75 Å². The molecule has 2 aromatic rings. The summed E-state index contributed by atoms with van der Waals surface area (Å²) >= 11 is 0. The van der Waals surface area contributed by atoms with Gasteiger partial charge >= 0.3 is 0 Å². The number of carbonyl (C=O) groups is 1. The lowest BCUT2D eigenvalue weighted by atomic mass is 10.1. The fraction of sp³-hybridized carbons (Fsp3) is 0.474. The fourth-order valence-corrected chi connectivity index (χ4v) is 3.14. The van der Waals surface area contributed by atoms with Crippen LogP contribution in [0.15, 0.2) is 30.3 Å². The van der Waals surface area contributed by atoms with Gasteiger partial charge in [-0.15, -0.1) is 0 Å². The van der Waals surface area contributed by atoms with Crippen molar-refractivity contribution in [2.75, 3.05) is 33.3 Å². The number of aromatic nitrogens is 1. The number of methoxy groups -OCH3 is 1. The fourth-order valence-electron chi connectivity index (χ4n) is 3.14. The quantitative estimate of drug-likeness (QED) is 0.829. The molecular weight excluding hydrogens is 302 g/mol. The van der Waals surface area contributed by atoms with E-state index in [1.165, 1.54) is 32.4 Å². The van der Waals surface area contributed by atoms with E-state index < -0.39 is 0 Å². The van der Waals surface area contributed by atoms with Crippen molar-refractivity contribution in [2.24, 2.45) is 0 Å². The van der Waals surface area contributed by atoms with E-state index in [1.807, 2.05) is 24.3 Å². The third-order valence-corrected chi connectivity index (χ3v) is 4.51. The van der Waals surface area contributed by atoms with E-state index >= 15 is 0 Å². The summed E-state index contributed by atoms with van der Waals surface area (Å²) in [5, 5.41) is 3.94. The first-order valence-electron chi connectivity index (χ1n) is 8.71. The minimum absolute atomic E-state index is 0.105. The van der Waals surface area contributed by atoms with Crippen molar-refractivity contribution in [3.05, 3.63) is 36.0 Å². The van der Waals surface area contributed by atoms with Crippen molar-refractivity contribution in [1.29, 1.82) is 0 Å². The molecule has 0 aliphatic carbocycles. The lowest BCUT2D eigenvalue weighted by molar-refractivity contribution is 0.0946. The highest BCUT2D eigenvalue weighted by atomic mass is 16.5. The van der Waals surface area contributed by atoms with Gasteiger partial charge in [0, 0.05) is 11.9 Å². The predicted molar refractivity (Wildman–Crippen MR) is 95.5 cm³/mol. The minimum Gasteiger partial charge on any atom is -0.497 e. The molecule has 0 spiro atoms. The first-order chi connectivity index (χ1) is 11.8. The SMILES string of the molecule is COc1ccc2nc(C(=O)NCCCN3CCCCC3)ccc2c1. The van der Waals surface area contributed by atoms with Crippen molar-refractivity contribution in [1.82, 2.24) is 15.2 Å². The number of amides is 1. The second kappa shape index (κ2) is 8.11. The smallest absolute Gasteiger partial charge is 0.269 e. The third-order valence-electron chi connectivity index (χ3n) is 4.51. The molecule has 24 heavy (non-hydrogen) atoms. The zero-order valence-electron chi connectivity index (χ0n) is 14.3. The van der Waals surface area contributed by atoms with Gasteiger partial charge in [0.2, 0.25) is 0 Å². The summed E-state index contributed by atoms with van der Waals surface area (Å²) in [5.74, 6) is 0.686. The predicted octanol–water partition coefficient (Wildman–Crippen LogP) is 2.85. The number of carbonyl (C=O) groups excluding carboxylic acids is 1. The molecule has 0 radical (unpaired) electrons. The van der Waals surface area contributed by atoms with Crippen LogP contribution in [0.1, 0.15) is 36.2 Å².